The van der Waals surface area contributed by atoms with Crippen molar-refractivity contribution < 1.29 is 24.5 Å². The highest BCUT2D eigenvalue weighted by Crippen LogP contribution is 2.31. The van der Waals surface area contributed by atoms with Gasteiger partial charge in [0.05, 0.1) is 25.4 Å². The predicted molar refractivity (Wildman–Crippen MR) is 92.1 cm³/mol. The van der Waals surface area contributed by atoms with Gasteiger partial charge in [-0.15, -0.1) is 0 Å². The number of aliphatic hydroxyl groups excluding tert-OH is 2. The Morgan fingerprint density at radius 2 is 2.00 bits per heavy atom. The van der Waals surface area contributed by atoms with Crippen LogP contribution in [0.5, 0.6) is 0 Å². The molecule has 3 N–H and O–H groups in total. The summed E-state index contributed by atoms with van der Waals surface area (Å²) in [6.07, 6.45) is 4.60. The van der Waals surface area contributed by atoms with Crippen LogP contribution >= 0.6 is 0 Å². The lowest BCUT2D eigenvalue weighted by Crippen LogP contribution is -2.53. The van der Waals surface area contributed by atoms with Crippen molar-refractivity contribution >= 4 is 5.91 Å². The third kappa shape index (κ3) is 4.17. The predicted octanol–water partition coefficient (Wildman–Crippen LogP) is -0.107. The van der Waals surface area contributed by atoms with Gasteiger partial charge in [-0.1, -0.05) is 12.8 Å². The van der Waals surface area contributed by atoms with E-state index >= 15 is 0 Å². The number of carbonyl (C=O) groups excluding carboxylic acids is 1. The van der Waals surface area contributed by atoms with E-state index in [-0.39, 0.29) is 36.6 Å². The normalized spacial score (nSPS) is 37.0. The molecule has 25 heavy (non-hydrogen) atoms. The molecule has 144 valence electrons. The molecule has 0 spiro atoms. The Labute approximate surface area is 149 Å². The van der Waals surface area contributed by atoms with Crippen LogP contribution in [0.3, 0.4) is 0 Å². The highest BCUT2D eigenvalue weighted by molar-refractivity contribution is 5.78. The summed E-state index contributed by atoms with van der Waals surface area (Å²) >= 11 is 0. The minimum atomic E-state index is -0.754. The smallest absolute Gasteiger partial charge is 0.223 e. The SMILES string of the molecule is COC[C@H]1CCCN1[C@@H]1[C@H](O)[C@H](CO)O[C@@H]1CNC(=O)C1CCCC1. The summed E-state index contributed by atoms with van der Waals surface area (Å²) in [6, 6.07) is 0.0300. The van der Waals surface area contributed by atoms with Crippen molar-refractivity contribution in [3.63, 3.8) is 0 Å². The molecule has 2 heterocycles. The molecule has 1 amide bonds. The fourth-order valence-electron chi connectivity index (χ4n) is 4.71. The molecule has 1 aliphatic carbocycles. The third-order valence-electron chi connectivity index (χ3n) is 6.01. The molecular formula is C18H32N2O5. The van der Waals surface area contributed by atoms with Gasteiger partial charge in [-0.2, -0.15) is 0 Å². The zero-order valence-corrected chi connectivity index (χ0v) is 15.1. The van der Waals surface area contributed by atoms with E-state index in [9.17, 15) is 15.0 Å². The van der Waals surface area contributed by atoms with Gasteiger partial charge in [-0.25, -0.2) is 0 Å². The molecule has 7 nitrogen and oxygen atoms in total. The largest absolute Gasteiger partial charge is 0.394 e. The molecule has 2 aliphatic heterocycles. The van der Waals surface area contributed by atoms with Crippen molar-refractivity contribution in [1.29, 1.82) is 0 Å². The maximum absolute atomic E-state index is 12.3. The van der Waals surface area contributed by atoms with Gasteiger partial charge in [0, 0.05) is 25.6 Å². The van der Waals surface area contributed by atoms with E-state index in [1.165, 1.54) is 0 Å². The Morgan fingerprint density at radius 3 is 2.68 bits per heavy atom. The molecule has 0 aromatic rings. The number of ether oxygens (including phenoxy) is 2. The quantitative estimate of drug-likeness (QED) is 0.590. The molecule has 0 aromatic heterocycles. The van der Waals surface area contributed by atoms with Crippen LogP contribution in [0.1, 0.15) is 38.5 Å². The fourth-order valence-corrected chi connectivity index (χ4v) is 4.71. The first kappa shape index (κ1) is 19.0. The van der Waals surface area contributed by atoms with Crippen LogP contribution in [0, 0.1) is 5.92 Å². The Morgan fingerprint density at radius 1 is 1.24 bits per heavy atom. The standard InChI is InChI=1S/C18H32N2O5/c1-24-11-13-7-4-8-20(13)16-14(25-15(10-21)17(16)22)9-19-18(23)12-5-2-3-6-12/h12-17,21-22H,2-11H2,1H3,(H,19,23)/t13-,14-,15+,16+,17-/m1/s1. The number of hydrogen-bond acceptors (Lipinski definition) is 6. The number of amides is 1. The van der Waals surface area contributed by atoms with Crippen molar-refractivity contribution in [2.75, 3.05) is 33.4 Å². The van der Waals surface area contributed by atoms with Crippen molar-refractivity contribution in [3.8, 4) is 0 Å². The van der Waals surface area contributed by atoms with E-state index in [2.05, 4.69) is 10.2 Å². The van der Waals surface area contributed by atoms with E-state index in [1.54, 1.807) is 7.11 Å². The molecule has 0 unspecified atom stereocenters. The van der Waals surface area contributed by atoms with Crippen LogP contribution in [0.15, 0.2) is 0 Å². The summed E-state index contributed by atoms with van der Waals surface area (Å²) in [5.41, 5.74) is 0. The second kappa shape index (κ2) is 8.77. The van der Waals surface area contributed by atoms with Crippen LogP contribution in [0.25, 0.3) is 0 Å². The molecule has 0 radical (unpaired) electrons. The Hall–Kier alpha value is -0.730. The number of likely N-dealkylation sites (tertiary alicyclic amines) is 1. The molecule has 7 heteroatoms. The van der Waals surface area contributed by atoms with Gasteiger partial charge in [0.25, 0.3) is 0 Å². The number of nitrogens with zero attached hydrogens (tertiary/aromatic N) is 1. The molecule has 0 bridgehead atoms. The minimum Gasteiger partial charge on any atom is -0.394 e. The summed E-state index contributed by atoms with van der Waals surface area (Å²) in [5, 5.41) is 23.2. The summed E-state index contributed by atoms with van der Waals surface area (Å²) in [7, 11) is 1.69. The number of hydrogen-bond donors (Lipinski definition) is 3. The fraction of sp³-hybridized carbons (Fsp3) is 0.944. The lowest BCUT2D eigenvalue weighted by Gasteiger charge is -2.34. The highest BCUT2D eigenvalue weighted by Gasteiger charge is 2.48. The first-order valence-electron chi connectivity index (χ1n) is 9.62. The Balaban J connectivity index is 1.63. The molecule has 5 atom stereocenters. The summed E-state index contributed by atoms with van der Waals surface area (Å²) in [5.74, 6) is 0.211. The second-order valence-electron chi connectivity index (χ2n) is 7.59. The average molecular weight is 356 g/mol. The van der Waals surface area contributed by atoms with Crippen molar-refractivity contribution in [1.82, 2.24) is 10.2 Å². The lowest BCUT2D eigenvalue weighted by molar-refractivity contribution is -0.125. The zero-order chi connectivity index (χ0) is 17.8. The molecule has 3 fully saturated rings. The van der Waals surface area contributed by atoms with Crippen LogP contribution in [0.4, 0.5) is 0 Å². The maximum Gasteiger partial charge on any atom is 0.223 e. The summed E-state index contributed by atoms with van der Waals surface area (Å²) in [6.45, 7) is 1.66. The van der Waals surface area contributed by atoms with Crippen LogP contribution in [-0.4, -0.2) is 84.8 Å². The summed E-state index contributed by atoms with van der Waals surface area (Å²) < 4.78 is 11.2. The van der Waals surface area contributed by atoms with Gasteiger partial charge in [-0.05, 0) is 32.2 Å². The van der Waals surface area contributed by atoms with E-state index < -0.39 is 12.2 Å². The van der Waals surface area contributed by atoms with Crippen molar-refractivity contribution in [3.05, 3.63) is 0 Å². The first-order valence-corrected chi connectivity index (χ1v) is 9.62. The van der Waals surface area contributed by atoms with Gasteiger partial charge in [0.15, 0.2) is 0 Å². The Bertz CT molecular complexity index is 443. The average Bonchev–Trinajstić information content (AvgIpc) is 3.33. The van der Waals surface area contributed by atoms with E-state index in [0.717, 1.165) is 45.1 Å². The van der Waals surface area contributed by atoms with Crippen LogP contribution in [-0.2, 0) is 14.3 Å². The van der Waals surface area contributed by atoms with Gasteiger partial charge in [0.1, 0.15) is 12.2 Å². The highest BCUT2D eigenvalue weighted by atomic mass is 16.5. The number of carbonyl (C=O) groups is 1. The van der Waals surface area contributed by atoms with E-state index in [1.807, 2.05) is 0 Å². The maximum atomic E-state index is 12.3. The van der Waals surface area contributed by atoms with Crippen LogP contribution < -0.4 is 5.32 Å². The second-order valence-corrected chi connectivity index (χ2v) is 7.59. The molecule has 3 rings (SSSR count). The van der Waals surface area contributed by atoms with Crippen molar-refractivity contribution in [2.45, 2.75) is 68.9 Å². The molecule has 2 saturated heterocycles. The lowest BCUT2D eigenvalue weighted by atomic mass is 10.0. The number of methoxy groups -OCH3 is 1. The molecule has 0 aromatic carbocycles. The number of rotatable bonds is 7. The molecule has 3 aliphatic rings. The molecular weight excluding hydrogens is 324 g/mol. The van der Waals surface area contributed by atoms with E-state index in [0.29, 0.717) is 13.2 Å². The van der Waals surface area contributed by atoms with Gasteiger partial charge in [-0.3, -0.25) is 9.69 Å². The topological polar surface area (TPSA) is 91.3 Å². The number of aliphatic hydroxyl groups is 2. The monoisotopic (exact) mass is 356 g/mol. The minimum absolute atomic E-state index is 0.0941. The van der Waals surface area contributed by atoms with Crippen LogP contribution in [0.2, 0.25) is 0 Å². The van der Waals surface area contributed by atoms with Crippen molar-refractivity contribution in [2.24, 2.45) is 5.92 Å². The summed E-state index contributed by atoms with van der Waals surface area (Å²) in [4.78, 5) is 14.6. The molecule has 1 saturated carbocycles. The number of nitrogens with one attached hydrogen (secondary N) is 1. The van der Waals surface area contributed by atoms with Gasteiger partial charge in [0.2, 0.25) is 5.91 Å². The van der Waals surface area contributed by atoms with Gasteiger partial charge < -0.3 is 25.0 Å². The Kier molecular flexibility index (Phi) is 6.68. The third-order valence-corrected chi connectivity index (χ3v) is 6.01. The van der Waals surface area contributed by atoms with Gasteiger partial charge >= 0.3 is 0 Å². The first-order chi connectivity index (χ1) is 12.2. The zero-order valence-electron chi connectivity index (χ0n) is 15.1. The van der Waals surface area contributed by atoms with E-state index in [4.69, 9.17) is 9.47 Å².